The predicted molar refractivity (Wildman–Crippen MR) is 113 cm³/mol. The van der Waals surface area contributed by atoms with Crippen molar-refractivity contribution >= 4 is 50.9 Å². The van der Waals surface area contributed by atoms with Crippen LogP contribution in [0.4, 0.5) is 16.4 Å². The van der Waals surface area contributed by atoms with Crippen LogP contribution in [0.25, 0.3) is 0 Å². The van der Waals surface area contributed by atoms with Gasteiger partial charge in [0.2, 0.25) is 16.0 Å². The number of hydrogen-bond acceptors (Lipinski definition) is 6. The van der Waals surface area contributed by atoms with E-state index in [0.29, 0.717) is 47.9 Å². The van der Waals surface area contributed by atoms with E-state index < -0.39 is 16.1 Å². The summed E-state index contributed by atoms with van der Waals surface area (Å²) < 4.78 is 26.5. The number of carbonyl (C=O) groups excluding carboxylic acids is 1. The Morgan fingerprint density at radius 2 is 1.76 bits per heavy atom. The van der Waals surface area contributed by atoms with Gasteiger partial charge < -0.3 is 15.5 Å². The van der Waals surface area contributed by atoms with Crippen molar-refractivity contribution in [3.05, 3.63) is 46.7 Å². The number of rotatable bonds is 6. The maximum atomic E-state index is 12.5. The summed E-state index contributed by atoms with van der Waals surface area (Å²) >= 11 is 11.7. The Labute approximate surface area is 179 Å². The molecule has 2 N–H and O–H groups in total. The zero-order chi connectivity index (χ0) is 20.9. The maximum absolute atomic E-state index is 12.5. The van der Waals surface area contributed by atoms with Gasteiger partial charge in [-0.15, -0.1) is 0 Å². The summed E-state index contributed by atoms with van der Waals surface area (Å²) in [6, 6.07) is 5.87. The molecule has 1 aromatic heterocycles. The molecule has 0 atom stereocenters. The van der Waals surface area contributed by atoms with Gasteiger partial charge in [-0.1, -0.05) is 23.2 Å². The summed E-state index contributed by atoms with van der Waals surface area (Å²) in [6.45, 7) is 1.69. The van der Waals surface area contributed by atoms with E-state index in [1.165, 1.54) is 10.4 Å². The number of carbonyl (C=O) groups is 1. The quantitative estimate of drug-likeness (QED) is 0.685. The molecule has 156 valence electrons. The second-order valence-corrected chi connectivity index (χ2v) is 9.16. The van der Waals surface area contributed by atoms with Gasteiger partial charge >= 0.3 is 6.03 Å². The molecule has 1 fully saturated rings. The van der Waals surface area contributed by atoms with Gasteiger partial charge in [0.25, 0.3) is 0 Å². The Bertz CT molecular complexity index is 953. The van der Waals surface area contributed by atoms with E-state index in [-0.39, 0.29) is 12.3 Å². The van der Waals surface area contributed by atoms with Crippen molar-refractivity contribution < 1.29 is 13.2 Å². The topological polar surface area (TPSA) is 108 Å². The van der Waals surface area contributed by atoms with Crippen LogP contribution in [0.5, 0.6) is 0 Å². The number of benzene rings is 1. The second-order valence-electron chi connectivity index (χ2n) is 6.26. The van der Waals surface area contributed by atoms with Gasteiger partial charge in [-0.25, -0.2) is 23.2 Å². The SMILES string of the molecule is O=C(NCCS(=O)(=O)N1CCN(c2ncccn2)CC1)Nc1ccc(Cl)c(Cl)c1. The third-order valence-electron chi connectivity index (χ3n) is 4.29. The molecule has 0 spiro atoms. The number of amides is 2. The van der Waals surface area contributed by atoms with Crippen molar-refractivity contribution in [2.45, 2.75) is 0 Å². The molecule has 0 radical (unpaired) electrons. The van der Waals surface area contributed by atoms with Crippen LogP contribution >= 0.6 is 23.2 Å². The van der Waals surface area contributed by atoms with E-state index in [4.69, 9.17) is 23.2 Å². The summed E-state index contributed by atoms with van der Waals surface area (Å²) in [5.74, 6) is 0.397. The fourth-order valence-corrected chi connectivity index (χ4v) is 4.43. The normalized spacial score (nSPS) is 15.2. The Morgan fingerprint density at radius 3 is 2.41 bits per heavy atom. The van der Waals surface area contributed by atoms with Crippen LogP contribution in [-0.2, 0) is 10.0 Å². The molecule has 1 aliphatic rings. The molecule has 0 unspecified atom stereocenters. The number of aromatic nitrogens is 2. The number of nitrogens with one attached hydrogen (secondary N) is 2. The lowest BCUT2D eigenvalue weighted by Crippen LogP contribution is -2.50. The highest BCUT2D eigenvalue weighted by molar-refractivity contribution is 7.89. The van der Waals surface area contributed by atoms with Crippen LogP contribution in [-0.4, -0.2) is 67.2 Å². The molecule has 1 saturated heterocycles. The lowest BCUT2D eigenvalue weighted by atomic mass is 10.3. The highest BCUT2D eigenvalue weighted by Gasteiger charge is 2.27. The minimum absolute atomic E-state index is 0.0164. The zero-order valence-corrected chi connectivity index (χ0v) is 17.7. The maximum Gasteiger partial charge on any atom is 0.319 e. The van der Waals surface area contributed by atoms with Gasteiger partial charge in [0.1, 0.15) is 0 Å². The molecule has 0 saturated carbocycles. The number of urea groups is 1. The van der Waals surface area contributed by atoms with Crippen molar-refractivity contribution in [3.63, 3.8) is 0 Å². The Kier molecular flexibility index (Phi) is 7.12. The molecule has 29 heavy (non-hydrogen) atoms. The molecule has 1 aliphatic heterocycles. The number of sulfonamides is 1. The van der Waals surface area contributed by atoms with E-state index in [9.17, 15) is 13.2 Å². The number of nitrogens with zero attached hydrogens (tertiary/aromatic N) is 4. The summed E-state index contributed by atoms with van der Waals surface area (Å²) in [4.78, 5) is 22.2. The van der Waals surface area contributed by atoms with Gasteiger partial charge in [0.15, 0.2) is 0 Å². The van der Waals surface area contributed by atoms with Crippen molar-refractivity contribution in [1.82, 2.24) is 19.6 Å². The average Bonchev–Trinajstić information content (AvgIpc) is 2.71. The first-order valence-corrected chi connectivity index (χ1v) is 11.2. The number of piperazine rings is 1. The van der Waals surface area contributed by atoms with Crippen LogP contribution in [0.15, 0.2) is 36.7 Å². The first-order valence-electron chi connectivity index (χ1n) is 8.85. The third-order valence-corrected chi connectivity index (χ3v) is 6.90. The van der Waals surface area contributed by atoms with E-state index in [0.717, 1.165) is 0 Å². The molecule has 3 rings (SSSR count). The van der Waals surface area contributed by atoms with E-state index in [2.05, 4.69) is 20.6 Å². The van der Waals surface area contributed by atoms with Crippen LogP contribution in [0, 0.1) is 0 Å². The molecule has 2 heterocycles. The van der Waals surface area contributed by atoms with E-state index in [1.807, 2.05) is 4.90 Å². The van der Waals surface area contributed by atoms with Crippen molar-refractivity contribution in [2.24, 2.45) is 0 Å². The first kappa shape index (κ1) is 21.6. The number of anilines is 2. The fourth-order valence-electron chi connectivity index (χ4n) is 2.79. The van der Waals surface area contributed by atoms with E-state index in [1.54, 1.807) is 30.6 Å². The summed E-state index contributed by atoms with van der Waals surface area (Å²) in [5.41, 5.74) is 0.457. The van der Waals surface area contributed by atoms with Crippen LogP contribution < -0.4 is 15.5 Å². The Morgan fingerprint density at radius 1 is 1.07 bits per heavy atom. The van der Waals surface area contributed by atoms with Crippen molar-refractivity contribution in [2.75, 3.05) is 48.7 Å². The van der Waals surface area contributed by atoms with Crippen LogP contribution in [0.3, 0.4) is 0 Å². The lowest BCUT2D eigenvalue weighted by molar-refractivity contribution is 0.252. The molecule has 9 nitrogen and oxygen atoms in total. The Balaban J connectivity index is 1.44. The smallest absolute Gasteiger partial charge is 0.319 e. The van der Waals surface area contributed by atoms with Gasteiger partial charge in [0.05, 0.1) is 15.8 Å². The van der Waals surface area contributed by atoms with Gasteiger partial charge in [0, 0.05) is 50.8 Å². The summed E-state index contributed by atoms with van der Waals surface area (Å²) in [6.07, 6.45) is 3.31. The molecule has 12 heteroatoms. The molecular weight excluding hydrogens is 439 g/mol. The molecule has 1 aromatic carbocycles. The van der Waals surface area contributed by atoms with Gasteiger partial charge in [-0.3, -0.25) is 0 Å². The van der Waals surface area contributed by atoms with Gasteiger partial charge in [-0.2, -0.15) is 4.31 Å². The Hall–Kier alpha value is -2.14. The van der Waals surface area contributed by atoms with Crippen molar-refractivity contribution in [1.29, 1.82) is 0 Å². The minimum atomic E-state index is -3.49. The predicted octanol–water partition coefficient (Wildman–Crippen LogP) is 2.06. The molecule has 0 bridgehead atoms. The highest BCUT2D eigenvalue weighted by Crippen LogP contribution is 2.24. The second kappa shape index (κ2) is 9.57. The molecule has 2 aromatic rings. The molecular formula is C17H20Cl2N6O3S. The third kappa shape index (κ3) is 5.92. The van der Waals surface area contributed by atoms with Gasteiger partial charge in [-0.05, 0) is 24.3 Å². The standard InChI is InChI=1S/C17H20Cl2N6O3S/c18-14-3-2-13(12-15(14)19)23-17(26)22-6-11-29(27,28)25-9-7-24(8-10-25)16-20-4-1-5-21-16/h1-5,12H,6-11H2,(H2,22,23,26). The first-order chi connectivity index (χ1) is 13.8. The average molecular weight is 459 g/mol. The fraction of sp³-hybridized carbons (Fsp3) is 0.353. The highest BCUT2D eigenvalue weighted by atomic mass is 35.5. The minimum Gasteiger partial charge on any atom is -0.338 e. The van der Waals surface area contributed by atoms with Crippen LogP contribution in [0.1, 0.15) is 0 Å². The number of hydrogen-bond donors (Lipinski definition) is 2. The molecule has 0 aliphatic carbocycles. The van der Waals surface area contributed by atoms with E-state index >= 15 is 0 Å². The number of halogens is 2. The summed E-state index contributed by atoms with van der Waals surface area (Å²) in [5, 5.41) is 5.80. The zero-order valence-electron chi connectivity index (χ0n) is 15.4. The van der Waals surface area contributed by atoms with Crippen molar-refractivity contribution in [3.8, 4) is 0 Å². The summed E-state index contributed by atoms with van der Waals surface area (Å²) in [7, 11) is -3.49. The molecule has 2 amide bonds. The largest absolute Gasteiger partial charge is 0.338 e. The van der Waals surface area contributed by atoms with Crippen LogP contribution in [0.2, 0.25) is 10.0 Å². The lowest BCUT2D eigenvalue weighted by Gasteiger charge is -2.33. The monoisotopic (exact) mass is 458 g/mol.